The van der Waals surface area contributed by atoms with Crippen LogP contribution in [0.2, 0.25) is 0 Å². The second-order valence-electron chi connectivity index (χ2n) is 8.32. The summed E-state index contributed by atoms with van der Waals surface area (Å²) in [5.74, 6) is 1.15. The van der Waals surface area contributed by atoms with Gasteiger partial charge in [0.1, 0.15) is 5.75 Å². The summed E-state index contributed by atoms with van der Waals surface area (Å²) in [6.07, 6.45) is 2.51. The second kappa shape index (κ2) is 6.75. The van der Waals surface area contributed by atoms with Gasteiger partial charge in [0.25, 0.3) is 0 Å². The SMILES string of the molecule is CCc1n[nH]c(=S)n1/N=C\c1cc(C(C)(C)C)c(O)c(C(C)(C)C)c1. The molecule has 0 amide bonds. The van der Waals surface area contributed by atoms with E-state index in [1.54, 1.807) is 10.9 Å². The number of aromatic nitrogens is 3. The van der Waals surface area contributed by atoms with E-state index in [1.165, 1.54) is 0 Å². The second-order valence-corrected chi connectivity index (χ2v) is 8.71. The quantitative estimate of drug-likeness (QED) is 0.616. The predicted octanol–water partition coefficient (Wildman–Crippen LogP) is 4.69. The molecule has 6 heteroatoms. The van der Waals surface area contributed by atoms with Crippen LogP contribution in [0.15, 0.2) is 17.2 Å². The molecule has 0 aliphatic heterocycles. The largest absolute Gasteiger partial charge is 0.507 e. The molecule has 0 saturated carbocycles. The highest BCUT2D eigenvalue weighted by atomic mass is 32.1. The topological polar surface area (TPSA) is 66.2 Å². The molecule has 0 spiro atoms. The van der Waals surface area contributed by atoms with Gasteiger partial charge in [-0.25, -0.2) is 0 Å². The smallest absolute Gasteiger partial charge is 0.216 e. The molecule has 5 nitrogen and oxygen atoms in total. The van der Waals surface area contributed by atoms with Crippen molar-refractivity contribution in [3.05, 3.63) is 39.4 Å². The van der Waals surface area contributed by atoms with E-state index < -0.39 is 0 Å². The van der Waals surface area contributed by atoms with Gasteiger partial charge in [-0.1, -0.05) is 48.5 Å². The number of rotatable bonds is 3. The summed E-state index contributed by atoms with van der Waals surface area (Å²) >= 11 is 5.24. The van der Waals surface area contributed by atoms with Crippen LogP contribution in [0.3, 0.4) is 0 Å². The van der Waals surface area contributed by atoms with Crippen LogP contribution in [0.1, 0.15) is 71.0 Å². The Bertz CT molecular complexity index is 813. The summed E-state index contributed by atoms with van der Waals surface area (Å²) < 4.78 is 2.11. The zero-order chi connectivity index (χ0) is 19.0. The zero-order valence-corrected chi connectivity index (χ0v) is 17.0. The number of aromatic amines is 1. The zero-order valence-electron chi connectivity index (χ0n) is 16.1. The molecular weight excluding hydrogens is 332 g/mol. The van der Waals surface area contributed by atoms with Crippen LogP contribution < -0.4 is 0 Å². The number of aryl methyl sites for hydroxylation is 1. The third-order valence-corrected chi connectivity index (χ3v) is 4.37. The minimum atomic E-state index is -0.172. The number of benzene rings is 1. The van der Waals surface area contributed by atoms with Crippen LogP contribution in [-0.4, -0.2) is 26.2 Å². The van der Waals surface area contributed by atoms with E-state index in [1.807, 2.05) is 19.1 Å². The molecule has 0 radical (unpaired) electrons. The van der Waals surface area contributed by atoms with Gasteiger partial charge in [-0.15, -0.1) is 0 Å². The van der Waals surface area contributed by atoms with Gasteiger partial charge in [-0.05, 0) is 40.7 Å². The monoisotopic (exact) mass is 360 g/mol. The molecule has 0 atom stereocenters. The van der Waals surface area contributed by atoms with E-state index in [2.05, 4.69) is 56.8 Å². The Morgan fingerprint density at radius 1 is 1.16 bits per heavy atom. The molecule has 1 aromatic heterocycles. The first-order valence-corrected chi connectivity index (χ1v) is 8.94. The van der Waals surface area contributed by atoms with E-state index in [0.29, 0.717) is 10.5 Å². The number of nitrogens with zero attached hydrogens (tertiary/aromatic N) is 3. The summed E-state index contributed by atoms with van der Waals surface area (Å²) in [7, 11) is 0. The van der Waals surface area contributed by atoms with Gasteiger partial charge in [0.2, 0.25) is 4.77 Å². The normalized spacial score (nSPS) is 12.9. The van der Waals surface area contributed by atoms with Crippen LogP contribution >= 0.6 is 12.2 Å². The Labute approximate surface area is 154 Å². The van der Waals surface area contributed by atoms with E-state index in [-0.39, 0.29) is 10.8 Å². The number of H-pyrrole nitrogens is 1. The maximum absolute atomic E-state index is 10.8. The molecule has 0 bridgehead atoms. The van der Waals surface area contributed by atoms with Crippen molar-refractivity contribution in [3.63, 3.8) is 0 Å². The first-order chi connectivity index (χ1) is 11.4. The summed E-state index contributed by atoms with van der Waals surface area (Å²) in [5.41, 5.74) is 2.40. The van der Waals surface area contributed by atoms with Gasteiger partial charge >= 0.3 is 0 Å². The number of hydrogen-bond donors (Lipinski definition) is 2. The molecule has 136 valence electrons. The van der Waals surface area contributed by atoms with Crippen LogP contribution in [0, 0.1) is 4.77 Å². The van der Waals surface area contributed by atoms with Gasteiger partial charge in [-0.3, -0.25) is 5.10 Å². The number of aromatic hydroxyl groups is 1. The predicted molar refractivity (Wildman–Crippen MR) is 105 cm³/mol. The maximum atomic E-state index is 10.8. The van der Waals surface area contributed by atoms with Crippen LogP contribution in [0.4, 0.5) is 0 Å². The average molecular weight is 361 g/mol. The number of nitrogens with one attached hydrogen (secondary N) is 1. The van der Waals surface area contributed by atoms with E-state index >= 15 is 0 Å². The lowest BCUT2D eigenvalue weighted by molar-refractivity contribution is 0.423. The fourth-order valence-electron chi connectivity index (χ4n) is 2.67. The van der Waals surface area contributed by atoms with Crippen molar-refractivity contribution < 1.29 is 5.11 Å². The lowest BCUT2D eigenvalue weighted by atomic mass is 9.78. The average Bonchev–Trinajstić information content (AvgIpc) is 2.84. The Balaban J connectivity index is 2.60. The fourth-order valence-corrected chi connectivity index (χ4v) is 2.87. The summed E-state index contributed by atoms with van der Waals surface area (Å²) in [5, 5.41) is 22.2. The Hall–Kier alpha value is -1.95. The molecular formula is C19H28N4OS. The highest BCUT2D eigenvalue weighted by Crippen LogP contribution is 2.39. The van der Waals surface area contributed by atoms with Gasteiger partial charge in [0, 0.05) is 17.5 Å². The van der Waals surface area contributed by atoms with Crippen LogP contribution in [0.25, 0.3) is 0 Å². The lowest BCUT2D eigenvalue weighted by Crippen LogP contribution is -2.18. The Morgan fingerprint density at radius 2 is 1.68 bits per heavy atom. The molecule has 0 saturated heterocycles. The van der Waals surface area contributed by atoms with Gasteiger partial charge in [-0.2, -0.15) is 14.9 Å². The first kappa shape index (κ1) is 19.4. The van der Waals surface area contributed by atoms with E-state index in [9.17, 15) is 5.11 Å². The molecule has 1 heterocycles. The van der Waals surface area contributed by atoms with Crippen molar-refractivity contribution in [2.24, 2.45) is 5.10 Å². The van der Waals surface area contributed by atoms with E-state index in [0.717, 1.165) is 28.9 Å². The summed E-state index contributed by atoms with van der Waals surface area (Å²) in [6, 6.07) is 3.98. The highest BCUT2D eigenvalue weighted by Gasteiger charge is 2.26. The molecule has 2 N–H and O–H groups in total. The third kappa shape index (κ3) is 4.18. The maximum Gasteiger partial charge on any atom is 0.216 e. The molecule has 2 rings (SSSR count). The minimum absolute atomic E-state index is 0.172. The van der Waals surface area contributed by atoms with Crippen LogP contribution in [-0.2, 0) is 17.3 Å². The minimum Gasteiger partial charge on any atom is -0.507 e. The van der Waals surface area contributed by atoms with Gasteiger partial charge in [0.15, 0.2) is 5.82 Å². The Kier molecular flexibility index (Phi) is 5.23. The Morgan fingerprint density at radius 3 is 2.12 bits per heavy atom. The molecule has 0 unspecified atom stereocenters. The fraction of sp³-hybridized carbons (Fsp3) is 0.526. The van der Waals surface area contributed by atoms with Crippen LogP contribution in [0.5, 0.6) is 5.75 Å². The standard InChI is InChI=1S/C19H28N4OS/c1-8-15-21-22-17(25)23(15)20-11-12-9-13(18(2,3)4)16(24)14(10-12)19(5,6)7/h9-11,24H,8H2,1-7H3,(H,22,25)/b20-11-. The molecule has 2 aromatic rings. The summed E-state index contributed by atoms with van der Waals surface area (Å²) in [4.78, 5) is 0. The van der Waals surface area contributed by atoms with Crippen molar-refractivity contribution in [3.8, 4) is 5.75 Å². The van der Waals surface area contributed by atoms with Crippen molar-refractivity contribution in [1.29, 1.82) is 0 Å². The lowest BCUT2D eigenvalue weighted by Gasteiger charge is -2.27. The molecule has 0 aliphatic carbocycles. The van der Waals surface area contributed by atoms with Crippen molar-refractivity contribution in [2.75, 3.05) is 0 Å². The molecule has 0 aliphatic rings. The van der Waals surface area contributed by atoms with Gasteiger partial charge < -0.3 is 5.11 Å². The van der Waals surface area contributed by atoms with Gasteiger partial charge in [0.05, 0.1) is 6.21 Å². The first-order valence-electron chi connectivity index (χ1n) is 8.53. The number of phenols is 1. The number of phenolic OH excluding ortho intramolecular Hbond substituents is 1. The molecule has 0 fully saturated rings. The third-order valence-electron chi connectivity index (χ3n) is 4.10. The van der Waals surface area contributed by atoms with Crippen molar-refractivity contribution in [2.45, 2.75) is 65.7 Å². The molecule has 1 aromatic carbocycles. The van der Waals surface area contributed by atoms with Crippen molar-refractivity contribution >= 4 is 18.4 Å². The highest BCUT2D eigenvalue weighted by molar-refractivity contribution is 7.71. The van der Waals surface area contributed by atoms with E-state index in [4.69, 9.17) is 12.2 Å². The number of hydrogen-bond acceptors (Lipinski definition) is 4. The van der Waals surface area contributed by atoms with Crippen molar-refractivity contribution in [1.82, 2.24) is 14.9 Å². The summed E-state index contributed by atoms with van der Waals surface area (Å²) in [6.45, 7) is 14.6. The molecule has 25 heavy (non-hydrogen) atoms.